The molecule has 1 heterocycles. The van der Waals surface area contributed by atoms with Crippen molar-refractivity contribution >= 4 is 29.0 Å². The van der Waals surface area contributed by atoms with Crippen LogP contribution in [0.25, 0.3) is 0 Å². The smallest absolute Gasteiger partial charge is 0.252 e. The van der Waals surface area contributed by atoms with Crippen molar-refractivity contribution in [2.75, 3.05) is 20.6 Å². The summed E-state index contributed by atoms with van der Waals surface area (Å²) < 4.78 is 0. The van der Waals surface area contributed by atoms with Crippen molar-refractivity contribution in [1.29, 1.82) is 0 Å². The molecule has 1 N–H and O–H groups in total. The van der Waals surface area contributed by atoms with E-state index in [1.807, 2.05) is 56.6 Å². The standard InChI is InChI=1S/C22H24N2OS2/c1-24(2)20(17-9-4-3-5-10-17)15-23-22(25)19-12-6-7-13-21(19)27-16-18-11-8-14-26-18/h3-14,20H,15-16H2,1-2H3,(H,23,25)/t20-/m0/s1. The molecular formula is C22H24N2OS2. The predicted molar refractivity (Wildman–Crippen MR) is 116 cm³/mol. The van der Waals surface area contributed by atoms with Crippen LogP contribution in [0.15, 0.2) is 77.0 Å². The maximum absolute atomic E-state index is 12.8. The second-order valence-corrected chi connectivity index (χ2v) is 8.51. The van der Waals surface area contributed by atoms with Crippen molar-refractivity contribution in [2.45, 2.75) is 16.7 Å². The highest BCUT2D eigenvalue weighted by atomic mass is 32.2. The van der Waals surface area contributed by atoms with E-state index >= 15 is 0 Å². The van der Waals surface area contributed by atoms with Crippen molar-refractivity contribution in [3.8, 4) is 0 Å². The highest BCUT2D eigenvalue weighted by Gasteiger charge is 2.17. The van der Waals surface area contributed by atoms with Gasteiger partial charge in [-0.2, -0.15) is 0 Å². The van der Waals surface area contributed by atoms with Gasteiger partial charge in [-0.15, -0.1) is 23.1 Å². The molecule has 0 spiro atoms. The molecule has 0 aliphatic carbocycles. The molecule has 0 saturated heterocycles. The van der Waals surface area contributed by atoms with Crippen LogP contribution in [0.5, 0.6) is 0 Å². The van der Waals surface area contributed by atoms with Gasteiger partial charge in [0.05, 0.1) is 11.6 Å². The zero-order valence-corrected chi connectivity index (χ0v) is 17.2. The first kappa shape index (κ1) is 19.7. The molecule has 3 nitrogen and oxygen atoms in total. The summed E-state index contributed by atoms with van der Waals surface area (Å²) in [5, 5.41) is 5.20. The molecule has 1 atom stereocenters. The molecule has 3 aromatic rings. The van der Waals surface area contributed by atoms with Crippen LogP contribution in [0.2, 0.25) is 0 Å². The summed E-state index contributed by atoms with van der Waals surface area (Å²) in [6.45, 7) is 0.569. The number of hydrogen-bond donors (Lipinski definition) is 1. The highest BCUT2D eigenvalue weighted by Crippen LogP contribution is 2.28. The average molecular weight is 397 g/mol. The fourth-order valence-corrected chi connectivity index (χ4v) is 4.71. The minimum Gasteiger partial charge on any atom is -0.350 e. The van der Waals surface area contributed by atoms with E-state index in [1.54, 1.807) is 23.1 Å². The Kier molecular flexibility index (Phi) is 7.10. The summed E-state index contributed by atoms with van der Waals surface area (Å²) in [7, 11) is 4.07. The SMILES string of the molecule is CN(C)[C@@H](CNC(=O)c1ccccc1SCc1cccs1)c1ccccc1. The minimum atomic E-state index is -0.0212. The number of rotatable bonds is 8. The quantitative estimate of drug-likeness (QED) is 0.539. The normalized spacial score (nSPS) is 12.1. The summed E-state index contributed by atoms with van der Waals surface area (Å²) in [4.78, 5) is 17.3. The molecule has 0 bridgehead atoms. The maximum atomic E-state index is 12.8. The lowest BCUT2D eigenvalue weighted by Gasteiger charge is -2.25. The summed E-state index contributed by atoms with van der Waals surface area (Å²) in [5.41, 5.74) is 1.94. The Hall–Kier alpha value is -2.08. The number of thioether (sulfide) groups is 1. The number of amides is 1. The van der Waals surface area contributed by atoms with Crippen molar-refractivity contribution in [3.05, 3.63) is 88.1 Å². The molecule has 0 fully saturated rings. The molecule has 27 heavy (non-hydrogen) atoms. The zero-order chi connectivity index (χ0) is 19.1. The fraction of sp³-hybridized carbons (Fsp3) is 0.227. The van der Waals surface area contributed by atoms with E-state index in [9.17, 15) is 4.79 Å². The molecule has 2 aromatic carbocycles. The van der Waals surface area contributed by atoms with Gasteiger partial charge in [-0.1, -0.05) is 48.5 Å². The molecular weight excluding hydrogens is 372 g/mol. The van der Waals surface area contributed by atoms with E-state index in [0.717, 1.165) is 16.2 Å². The molecule has 5 heteroatoms. The number of carbonyl (C=O) groups excluding carboxylic acids is 1. The van der Waals surface area contributed by atoms with Crippen molar-refractivity contribution in [2.24, 2.45) is 0 Å². The van der Waals surface area contributed by atoms with Gasteiger partial charge in [-0.25, -0.2) is 0 Å². The lowest BCUT2D eigenvalue weighted by Crippen LogP contribution is -2.34. The van der Waals surface area contributed by atoms with Crippen LogP contribution in [-0.4, -0.2) is 31.4 Å². The Morgan fingerprint density at radius 3 is 2.48 bits per heavy atom. The van der Waals surface area contributed by atoms with Gasteiger partial charge in [0.2, 0.25) is 0 Å². The van der Waals surface area contributed by atoms with Gasteiger partial charge >= 0.3 is 0 Å². The van der Waals surface area contributed by atoms with Crippen LogP contribution in [-0.2, 0) is 5.75 Å². The van der Waals surface area contributed by atoms with Gasteiger partial charge < -0.3 is 10.2 Å². The maximum Gasteiger partial charge on any atom is 0.252 e. The largest absolute Gasteiger partial charge is 0.350 e. The zero-order valence-electron chi connectivity index (χ0n) is 15.6. The van der Waals surface area contributed by atoms with Crippen molar-refractivity contribution < 1.29 is 4.79 Å². The molecule has 1 amide bonds. The lowest BCUT2D eigenvalue weighted by atomic mass is 10.1. The first-order valence-electron chi connectivity index (χ1n) is 8.89. The number of nitrogens with zero attached hydrogens (tertiary/aromatic N) is 1. The van der Waals surface area contributed by atoms with Crippen LogP contribution in [0.4, 0.5) is 0 Å². The van der Waals surface area contributed by atoms with Gasteiger partial charge in [0, 0.05) is 22.1 Å². The van der Waals surface area contributed by atoms with Gasteiger partial charge in [0.15, 0.2) is 0 Å². The second-order valence-electron chi connectivity index (χ2n) is 6.46. The van der Waals surface area contributed by atoms with Crippen LogP contribution in [0, 0.1) is 0 Å². The monoisotopic (exact) mass is 396 g/mol. The van der Waals surface area contributed by atoms with Crippen molar-refractivity contribution in [3.63, 3.8) is 0 Å². The molecule has 0 aliphatic heterocycles. The number of thiophene rings is 1. The summed E-state index contributed by atoms with van der Waals surface area (Å²) in [5.74, 6) is 0.860. The highest BCUT2D eigenvalue weighted by molar-refractivity contribution is 7.98. The Morgan fingerprint density at radius 1 is 1.04 bits per heavy atom. The molecule has 0 radical (unpaired) electrons. The Morgan fingerprint density at radius 2 is 1.78 bits per heavy atom. The second kappa shape index (κ2) is 9.74. The topological polar surface area (TPSA) is 32.3 Å². The summed E-state index contributed by atoms with van der Waals surface area (Å²) in [6, 6.07) is 22.4. The van der Waals surface area contributed by atoms with E-state index in [0.29, 0.717) is 6.54 Å². The summed E-state index contributed by atoms with van der Waals surface area (Å²) in [6.07, 6.45) is 0. The number of likely N-dealkylation sites (N-methyl/N-ethyl adjacent to an activating group) is 1. The Labute approximate surface area is 169 Å². The fourth-order valence-electron chi connectivity index (χ4n) is 2.88. The molecule has 0 saturated carbocycles. The minimum absolute atomic E-state index is 0.0212. The Bertz CT molecular complexity index is 848. The van der Waals surface area contributed by atoms with Crippen LogP contribution >= 0.6 is 23.1 Å². The van der Waals surface area contributed by atoms with E-state index in [4.69, 9.17) is 0 Å². The lowest BCUT2D eigenvalue weighted by molar-refractivity contribution is 0.0939. The van der Waals surface area contributed by atoms with Gasteiger partial charge in [-0.3, -0.25) is 4.79 Å². The third-order valence-electron chi connectivity index (χ3n) is 4.35. The summed E-state index contributed by atoms with van der Waals surface area (Å²) >= 11 is 3.45. The van der Waals surface area contributed by atoms with Crippen molar-refractivity contribution in [1.82, 2.24) is 10.2 Å². The Balaban J connectivity index is 1.67. The average Bonchev–Trinajstić information content (AvgIpc) is 3.21. The number of benzene rings is 2. The first-order chi connectivity index (χ1) is 13.1. The molecule has 3 rings (SSSR count). The van der Waals surface area contributed by atoms with Crippen LogP contribution in [0.3, 0.4) is 0 Å². The van der Waals surface area contributed by atoms with Crippen LogP contribution in [0.1, 0.15) is 26.8 Å². The third-order valence-corrected chi connectivity index (χ3v) is 6.53. The molecule has 0 unspecified atom stereocenters. The van der Waals surface area contributed by atoms with E-state index in [2.05, 4.69) is 39.9 Å². The van der Waals surface area contributed by atoms with E-state index in [-0.39, 0.29) is 11.9 Å². The predicted octanol–water partition coefficient (Wildman–Crippen LogP) is 5.07. The molecule has 140 valence electrons. The van der Waals surface area contributed by atoms with E-state index < -0.39 is 0 Å². The number of hydrogen-bond acceptors (Lipinski definition) is 4. The molecule has 1 aromatic heterocycles. The number of carbonyl (C=O) groups is 1. The van der Waals surface area contributed by atoms with Gasteiger partial charge in [0.1, 0.15) is 0 Å². The molecule has 0 aliphatic rings. The van der Waals surface area contributed by atoms with Gasteiger partial charge in [-0.05, 0) is 43.2 Å². The first-order valence-corrected chi connectivity index (χ1v) is 10.8. The number of nitrogens with one attached hydrogen (secondary N) is 1. The van der Waals surface area contributed by atoms with E-state index in [1.165, 1.54) is 10.4 Å². The van der Waals surface area contributed by atoms with Gasteiger partial charge in [0.25, 0.3) is 5.91 Å². The third kappa shape index (κ3) is 5.45. The van der Waals surface area contributed by atoms with Crippen LogP contribution < -0.4 is 5.32 Å².